The van der Waals surface area contributed by atoms with E-state index in [9.17, 15) is 9.59 Å². The Morgan fingerprint density at radius 1 is 1.00 bits per heavy atom. The third-order valence-corrected chi connectivity index (χ3v) is 4.35. The van der Waals surface area contributed by atoms with E-state index in [1.807, 2.05) is 18.2 Å². The van der Waals surface area contributed by atoms with E-state index in [4.69, 9.17) is 9.52 Å². The minimum Gasteiger partial charge on any atom is -0.475 e. The fourth-order valence-corrected chi connectivity index (χ4v) is 3.22. The monoisotopic (exact) mass is 313 g/mol. The third-order valence-electron chi connectivity index (χ3n) is 4.35. The van der Waals surface area contributed by atoms with Crippen LogP contribution in [-0.4, -0.2) is 23.0 Å². The van der Waals surface area contributed by atoms with Gasteiger partial charge in [0.1, 0.15) is 0 Å². The molecule has 1 aromatic heterocycles. The fraction of sp³-hybridized carbons (Fsp3) is 0.333. The highest BCUT2D eigenvalue weighted by atomic mass is 16.4. The Bertz CT molecular complexity index is 692. The summed E-state index contributed by atoms with van der Waals surface area (Å²) in [5.74, 6) is -1.43. The first-order chi connectivity index (χ1) is 11.1. The molecule has 5 heteroatoms. The number of nitrogens with one attached hydrogen (secondary N) is 1. The van der Waals surface area contributed by atoms with Crippen molar-refractivity contribution < 1.29 is 19.1 Å². The van der Waals surface area contributed by atoms with E-state index in [2.05, 4.69) is 17.4 Å². The summed E-state index contributed by atoms with van der Waals surface area (Å²) in [4.78, 5) is 23.2. The van der Waals surface area contributed by atoms with E-state index in [0.29, 0.717) is 0 Å². The van der Waals surface area contributed by atoms with Crippen LogP contribution in [0.1, 0.15) is 58.3 Å². The molecule has 1 aliphatic rings. The highest BCUT2D eigenvalue weighted by Gasteiger charge is 2.28. The molecular formula is C18H19NO4. The van der Waals surface area contributed by atoms with Crippen molar-refractivity contribution in [3.63, 3.8) is 0 Å². The maximum absolute atomic E-state index is 12.3. The summed E-state index contributed by atoms with van der Waals surface area (Å²) in [6.07, 6.45) is 4.17. The van der Waals surface area contributed by atoms with Crippen LogP contribution < -0.4 is 5.32 Å². The first-order valence-electron chi connectivity index (χ1n) is 7.84. The first kappa shape index (κ1) is 15.3. The standard InChI is InChI=1S/C18H19NO4/c20-17(15-10-11-16(23-15)18(21)22)19-14-9-5-4-8-13(14)12-6-2-1-3-7-12/h1-3,6-7,10-11,13-14H,4-5,8-9H2,(H,19,20)(H,21,22). The van der Waals surface area contributed by atoms with Gasteiger partial charge in [-0.3, -0.25) is 4.79 Å². The van der Waals surface area contributed by atoms with Gasteiger partial charge in [-0.15, -0.1) is 0 Å². The van der Waals surface area contributed by atoms with Crippen molar-refractivity contribution in [3.05, 3.63) is 59.5 Å². The molecule has 2 N–H and O–H groups in total. The van der Waals surface area contributed by atoms with E-state index in [0.717, 1.165) is 25.7 Å². The normalized spacial score (nSPS) is 20.9. The van der Waals surface area contributed by atoms with Crippen molar-refractivity contribution >= 4 is 11.9 Å². The number of benzene rings is 1. The zero-order valence-corrected chi connectivity index (χ0v) is 12.7. The van der Waals surface area contributed by atoms with Crippen molar-refractivity contribution in [2.45, 2.75) is 37.6 Å². The first-order valence-corrected chi connectivity index (χ1v) is 7.84. The van der Waals surface area contributed by atoms with Crippen molar-refractivity contribution in [3.8, 4) is 0 Å². The molecular weight excluding hydrogens is 294 g/mol. The van der Waals surface area contributed by atoms with Gasteiger partial charge in [-0.25, -0.2) is 4.79 Å². The summed E-state index contributed by atoms with van der Waals surface area (Å²) in [5, 5.41) is 11.9. The number of hydrogen-bond acceptors (Lipinski definition) is 3. The molecule has 120 valence electrons. The smallest absolute Gasteiger partial charge is 0.371 e. The Kier molecular flexibility index (Phi) is 4.46. The zero-order valence-electron chi connectivity index (χ0n) is 12.7. The number of carboxylic acids is 1. The summed E-state index contributed by atoms with van der Waals surface area (Å²) in [6.45, 7) is 0. The number of carbonyl (C=O) groups excluding carboxylic acids is 1. The second kappa shape index (κ2) is 6.69. The molecule has 0 aliphatic heterocycles. The predicted molar refractivity (Wildman–Crippen MR) is 84.6 cm³/mol. The van der Waals surface area contributed by atoms with Crippen LogP contribution in [0.5, 0.6) is 0 Å². The molecule has 1 fully saturated rings. The number of carbonyl (C=O) groups is 2. The summed E-state index contributed by atoms with van der Waals surface area (Å²) < 4.78 is 5.08. The molecule has 2 unspecified atom stereocenters. The van der Waals surface area contributed by atoms with E-state index < -0.39 is 5.97 Å². The van der Waals surface area contributed by atoms with E-state index in [-0.39, 0.29) is 29.4 Å². The molecule has 1 aromatic carbocycles. The lowest BCUT2D eigenvalue weighted by Crippen LogP contribution is -2.40. The fourth-order valence-electron chi connectivity index (χ4n) is 3.22. The van der Waals surface area contributed by atoms with Crippen LogP contribution in [0.2, 0.25) is 0 Å². The summed E-state index contributed by atoms with van der Waals surface area (Å²) in [7, 11) is 0. The van der Waals surface area contributed by atoms with Crippen molar-refractivity contribution in [2.75, 3.05) is 0 Å². The van der Waals surface area contributed by atoms with Gasteiger partial charge >= 0.3 is 5.97 Å². The molecule has 0 spiro atoms. The van der Waals surface area contributed by atoms with Gasteiger partial charge in [-0.1, -0.05) is 43.2 Å². The van der Waals surface area contributed by atoms with Crippen LogP contribution in [0.4, 0.5) is 0 Å². The molecule has 0 radical (unpaired) electrons. The predicted octanol–water partition coefficient (Wildman–Crippen LogP) is 3.43. The van der Waals surface area contributed by atoms with Gasteiger partial charge in [0.05, 0.1) is 0 Å². The molecule has 0 saturated heterocycles. The Hall–Kier alpha value is -2.56. The SMILES string of the molecule is O=C(O)c1ccc(C(=O)NC2CCCCC2c2ccccc2)o1. The number of aromatic carboxylic acids is 1. The van der Waals surface area contributed by atoms with Crippen LogP contribution >= 0.6 is 0 Å². The second-order valence-electron chi connectivity index (χ2n) is 5.85. The van der Waals surface area contributed by atoms with Gasteiger partial charge in [0, 0.05) is 12.0 Å². The molecule has 0 bridgehead atoms. The van der Waals surface area contributed by atoms with Crippen molar-refractivity contribution in [1.82, 2.24) is 5.32 Å². The maximum Gasteiger partial charge on any atom is 0.371 e. The summed E-state index contributed by atoms with van der Waals surface area (Å²) >= 11 is 0. The van der Waals surface area contributed by atoms with Crippen molar-refractivity contribution in [1.29, 1.82) is 0 Å². The second-order valence-corrected chi connectivity index (χ2v) is 5.85. The number of carboxylic acid groups (broad SMARTS) is 1. The van der Waals surface area contributed by atoms with Crippen LogP contribution in [0.25, 0.3) is 0 Å². The van der Waals surface area contributed by atoms with Crippen LogP contribution in [0.3, 0.4) is 0 Å². The lowest BCUT2D eigenvalue weighted by Gasteiger charge is -2.32. The molecule has 1 aliphatic carbocycles. The van der Waals surface area contributed by atoms with Gasteiger partial charge < -0.3 is 14.8 Å². The average Bonchev–Trinajstić information content (AvgIpc) is 3.07. The van der Waals surface area contributed by atoms with E-state index in [1.54, 1.807) is 0 Å². The Labute approximate surface area is 134 Å². The molecule has 5 nitrogen and oxygen atoms in total. The Balaban J connectivity index is 1.73. The lowest BCUT2D eigenvalue weighted by molar-refractivity contribution is 0.0659. The zero-order chi connectivity index (χ0) is 16.2. The van der Waals surface area contributed by atoms with Crippen LogP contribution in [-0.2, 0) is 0 Å². The molecule has 2 atom stereocenters. The topological polar surface area (TPSA) is 79.5 Å². The van der Waals surface area contributed by atoms with Gasteiger partial charge in [-0.05, 0) is 30.5 Å². The number of rotatable bonds is 4. The van der Waals surface area contributed by atoms with E-state index >= 15 is 0 Å². The minimum atomic E-state index is -1.18. The van der Waals surface area contributed by atoms with Gasteiger partial charge in [-0.2, -0.15) is 0 Å². The molecule has 1 heterocycles. The van der Waals surface area contributed by atoms with Gasteiger partial charge in [0.15, 0.2) is 5.76 Å². The minimum absolute atomic E-state index is 0.0389. The lowest BCUT2D eigenvalue weighted by atomic mass is 9.80. The average molecular weight is 313 g/mol. The number of hydrogen-bond donors (Lipinski definition) is 2. The number of furan rings is 1. The highest BCUT2D eigenvalue weighted by molar-refractivity contribution is 5.93. The third kappa shape index (κ3) is 3.44. The molecule has 1 amide bonds. The van der Waals surface area contributed by atoms with Gasteiger partial charge in [0.25, 0.3) is 5.91 Å². The maximum atomic E-state index is 12.3. The van der Waals surface area contributed by atoms with Crippen molar-refractivity contribution in [2.24, 2.45) is 0 Å². The van der Waals surface area contributed by atoms with Crippen LogP contribution in [0, 0.1) is 0 Å². The molecule has 1 saturated carbocycles. The van der Waals surface area contributed by atoms with E-state index in [1.165, 1.54) is 17.7 Å². The summed E-state index contributed by atoms with van der Waals surface area (Å²) in [5.41, 5.74) is 1.23. The summed E-state index contributed by atoms with van der Waals surface area (Å²) in [6, 6.07) is 12.9. The highest BCUT2D eigenvalue weighted by Crippen LogP contribution is 2.33. The molecule has 23 heavy (non-hydrogen) atoms. The Morgan fingerprint density at radius 3 is 2.39 bits per heavy atom. The molecule has 2 aromatic rings. The molecule has 3 rings (SSSR count). The quantitative estimate of drug-likeness (QED) is 0.906. The van der Waals surface area contributed by atoms with Crippen LogP contribution in [0.15, 0.2) is 46.9 Å². The Morgan fingerprint density at radius 2 is 1.70 bits per heavy atom. The van der Waals surface area contributed by atoms with Gasteiger partial charge in [0.2, 0.25) is 5.76 Å². The largest absolute Gasteiger partial charge is 0.475 e. The number of amides is 1.